The number of aromatic amines is 1. The van der Waals surface area contributed by atoms with Crippen LogP contribution in [0.3, 0.4) is 0 Å². The topological polar surface area (TPSA) is 146 Å². The molecule has 3 rings (SSSR count). The van der Waals surface area contributed by atoms with Crippen molar-refractivity contribution in [1.29, 1.82) is 0 Å². The van der Waals surface area contributed by atoms with Crippen molar-refractivity contribution in [3.63, 3.8) is 0 Å². The van der Waals surface area contributed by atoms with Crippen LogP contribution in [0.2, 0.25) is 0 Å². The van der Waals surface area contributed by atoms with Crippen molar-refractivity contribution in [2.75, 3.05) is 6.61 Å². The first-order chi connectivity index (χ1) is 14.3. The first-order valence-corrected chi connectivity index (χ1v) is 8.74. The van der Waals surface area contributed by atoms with Crippen molar-refractivity contribution in [3.05, 3.63) is 72.9 Å². The van der Waals surface area contributed by atoms with Gasteiger partial charge in [-0.3, -0.25) is 19.7 Å². The van der Waals surface area contributed by atoms with Crippen molar-refractivity contribution in [2.45, 2.75) is 13.8 Å². The molecule has 30 heavy (non-hydrogen) atoms. The van der Waals surface area contributed by atoms with E-state index in [-0.39, 0.29) is 29.1 Å². The molecule has 0 aliphatic carbocycles. The van der Waals surface area contributed by atoms with Gasteiger partial charge in [0.25, 0.3) is 5.56 Å². The zero-order valence-electron chi connectivity index (χ0n) is 15.9. The third-order valence-electron chi connectivity index (χ3n) is 3.91. The number of hydrogen-bond acceptors (Lipinski definition) is 8. The average molecular weight is 412 g/mol. The summed E-state index contributed by atoms with van der Waals surface area (Å²) in [4.78, 5) is 49.3. The number of aromatic nitrogens is 2. The van der Waals surface area contributed by atoms with Crippen molar-refractivity contribution in [1.82, 2.24) is 9.66 Å². The number of ether oxygens (including phenoxy) is 2. The number of esters is 1. The van der Waals surface area contributed by atoms with Crippen molar-refractivity contribution in [3.8, 4) is 11.5 Å². The highest BCUT2D eigenvalue weighted by Gasteiger charge is 2.24. The predicted molar refractivity (Wildman–Crippen MR) is 107 cm³/mol. The lowest BCUT2D eigenvalue weighted by molar-refractivity contribution is -0.385. The van der Waals surface area contributed by atoms with Crippen LogP contribution in [0.15, 0.2) is 51.1 Å². The summed E-state index contributed by atoms with van der Waals surface area (Å²) in [7, 11) is 0. The standard InChI is InChI=1S/C19H16N4O7/c1-3-29-16-9-12(8-15(23(27)28)17(16)30-11(2)24)10-20-22-18(25)13-6-4-5-7-14(13)21-19(22)26/h4-10H,3H2,1-2H3,(H,21,26). The van der Waals surface area contributed by atoms with Gasteiger partial charge in [0.2, 0.25) is 5.75 Å². The number of carbonyl (C=O) groups is 1. The summed E-state index contributed by atoms with van der Waals surface area (Å²) in [6.07, 6.45) is 1.10. The molecule has 2 aromatic carbocycles. The summed E-state index contributed by atoms with van der Waals surface area (Å²) in [6.45, 7) is 2.90. The maximum Gasteiger partial charge on any atom is 0.349 e. The number of fused-ring (bicyclic) bond motifs is 1. The van der Waals surface area contributed by atoms with Gasteiger partial charge < -0.3 is 14.5 Å². The minimum Gasteiger partial charge on any atom is -0.490 e. The van der Waals surface area contributed by atoms with E-state index in [1.54, 1.807) is 25.1 Å². The summed E-state index contributed by atoms with van der Waals surface area (Å²) in [5, 5.41) is 15.6. The molecule has 0 spiro atoms. The van der Waals surface area contributed by atoms with Crippen LogP contribution in [0.25, 0.3) is 10.9 Å². The molecule has 0 saturated carbocycles. The number of nitrogens with zero attached hydrogens (tertiary/aromatic N) is 3. The predicted octanol–water partition coefficient (Wildman–Crippen LogP) is 1.80. The molecule has 0 unspecified atom stereocenters. The number of nitrogens with one attached hydrogen (secondary N) is 1. The van der Waals surface area contributed by atoms with E-state index in [1.165, 1.54) is 12.1 Å². The van der Waals surface area contributed by atoms with Gasteiger partial charge in [-0.25, -0.2) is 4.79 Å². The Hall–Kier alpha value is -4.28. The van der Waals surface area contributed by atoms with E-state index in [0.29, 0.717) is 10.2 Å². The lowest BCUT2D eigenvalue weighted by Crippen LogP contribution is -2.32. The van der Waals surface area contributed by atoms with Crippen LogP contribution in [-0.2, 0) is 4.79 Å². The van der Waals surface area contributed by atoms with E-state index < -0.39 is 27.8 Å². The minimum atomic E-state index is -0.772. The average Bonchev–Trinajstić information content (AvgIpc) is 2.69. The van der Waals surface area contributed by atoms with Crippen LogP contribution in [0.1, 0.15) is 19.4 Å². The molecule has 0 bridgehead atoms. The van der Waals surface area contributed by atoms with Crippen molar-refractivity contribution < 1.29 is 19.2 Å². The molecule has 0 aliphatic rings. The van der Waals surface area contributed by atoms with E-state index in [2.05, 4.69) is 10.1 Å². The summed E-state index contributed by atoms with van der Waals surface area (Å²) >= 11 is 0. The van der Waals surface area contributed by atoms with E-state index in [1.807, 2.05) is 0 Å². The van der Waals surface area contributed by atoms with Crippen molar-refractivity contribution >= 4 is 28.8 Å². The van der Waals surface area contributed by atoms with Crippen LogP contribution >= 0.6 is 0 Å². The quantitative estimate of drug-likeness (QED) is 0.213. The maximum atomic E-state index is 12.5. The Bertz CT molecular complexity index is 1290. The second-order valence-electron chi connectivity index (χ2n) is 5.99. The molecule has 0 atom stereocenters. The number of rotatable bonds is 6. The first-order valence-electron chi connectivity index (χ1n) is 8.74. The molecule has 1 N–H and O–H groups in total. The van der Waals surface area contributed by atoms with Crippen LogP contribution in [0.4, 0.5) is 5.69 Å². The zero-order chi connectivity index (χ0) is 21.8. The fraction of sp³-hybridized carbons (Fsp3) is 0.158. The summed E-state index contributed by atoms with van der Waals surface area (Å²) in [5.41, 5.74) is -1.44. The monoisotopic (exact) mass is 412 g/mol. The molecular formula is C19H16N4O7. The second-order valence-corrected chi connectivity index (χ2v) is 5.99. The molecule has 11 nitrogen and oxygen atoms in total. The maximum absolute atomic E-state index is 12.5. The van der Waals surface area contributed by atoms with Crippen LogP contribution in [0, 0.1) is 10.1 Å². The number of para-hydroxylation sites is 1. The van der Waals surface area contributed by atoms with Gasteiger partial charge in [0.1, 0.15) is 0 Å². The molecule has 154 valence electrons. The Kier molecular flexibility index (Phi) is 5.72. The van der Waals surface area contributed by atoms with Gasteiger partial charge in [0.15, 0.2) is 5.75 Å². The molecule has 0 saturated heterocycles. The van der Waals surface area contributed by atoms with Gasteiger partial charge in [-0.05, 0) is 25.1 Å². The van der Waals surface area contributed by atoms with Crippen LogP contribution in [-0.4, -0.2) is 33.4 Å². The molecule has 11 heteroatoms. The van der Waals surface area contributed by atoms with E-state index in [4.69, 9.17) is 9.47 Å². The highest BCUT2D eigenvalue weighted by molar-refractivity contribution is 5.84. The van der Waals surface area contributed by atoms with Crippen molar-refractivity contribution in [2.24, 2.45) is 5.10 Å². The molecule has 0 radical (unpaired) electrons. The molecular weight excluding hydrogens is 396 g/mol. The minimum absolute atomic E-state index is 0.0527. The molecule has 1 aromatic heterocycles. The van der Waals surface area contributed by atoms with Crippen LogP contribution in [0.5, 0.6) is 11.5 Å². The molecule has 0 fully saturated rings. The third kappa shape index (κ3) is 4.09. The third-order valence-corrected chi connectivity index (χ3v) is 3.91. The van der Waals surface area contributed by atoms with E-state index >= 15 is 0 Å². The Morgan fingerprint density at radius 3 is 2.70 bits per heavy atom. The summed E-state index contributed by atoms with van der Waals surface area (Å²) in [5.74, 6) is -1.15. The molecule has 0 aliphatic heterocycles. The van der Waals surface area contributed by atoms with E-state index in [9.17, 15) is 24.5 Å². The lowest BCUT2D eigenvalue weighted by atomic mass is 10.2. The van der Waals surface area contributed by atoms with Gasteiger partial charge in [0.05, 0.1) is 28.6 Å². The lowest BCUT2D eigenvalue weighted by Gasteiger charge is -2.10. The van der Waals surface area contributed by atoms with Crippen LogP contribution < -0.4 is 20.7 Å². The van der Waals surface area contributed by atoms with Gasteiger partial charge in [-0.15, -0.1) is 4.68 Å². The Balaban J connectivity index is 2.13. The Morgan fingerprint density at radius 1 is 1.30 bits per heavy atom. The highest BCUT2D eigenvalue weighted by atomic mass is 16.6. The number of H-pyrrole nitrogens is 1. The largest absolute Gasteiger partial charge is 0.490 e. The highest BCUT2D eigenvalue weighted by Crippen LogP contribution is 2.38. The zero-order valence-corrected chi connectivity index (χ0v) is 15.9. The number of hydrogen-bond donors (Lipinski definition) is 1. The van der Waals surface area contributed by atoms with Gasteiger partial charge in [-0.1, -0.05) is 12.1 Å². The van der Waals surface area contributed by atoms with Gasteiger partial charge in [-0.2, -0.15) is 5.10 Å². The molecule has 3 aromatic rings. The number of nitro groups is 1. The Labute approximate surface area is 168 Å². The number of carbonyl (C=O) groups excluding carboxylic acids is 1. The molecule has 1 heterocycles. The SMILES string of the molecule is CCOc1cc(C=Nn2c(=O)[nH]c3ccccc3c2=O)cc([N+](=O)[O-])c1OC(C)=O. The van der Waals surface area contributed by atoms with Gasteiger partial charge in [0, 0.05) is 18.6 Å². The summed E-state index contributed by atoms with van der Waals surface area (Å²) < 4.78 is 10.9. The smallest absolute Gasteiger partial charge is 0.349 e. The summed E-state index contributed by atoms with van der Waals surface area (Å²) in [6, 6.07) is 8.86. The molecule has 0 amide bonds. The first kappa shape index (κ1) is 20.5. The van der Waals surface area contributed by atoms with Gasteiger partial charge >= 0.3 is 17.3 Å². The number of benzene rings is 2. The normalized spacial score (nSPS) is 11.0. The number of nitro benzene ring substituents is 1. The fourth-order valence-corrected chi connectivity index (χ4v) is 2.71. The van der Waals surface area contributed by atoms with E-state index in [0.717, 1.165) is 19.2 Å². The Morgan fingerprint density at radius 2 is 2.03 bits per heavy atom. The fourth-order valence-electron chi connectivity index (χ4n) is 2.71. The second kappa shape index (κ2) is 8.39.